The van der Waals surface area contributed by atoms with Gasteiger partial charge in [0, 0.05) is 12.6 Å². The van der Waals surface area contributed by atoms with Crippen molar-refractivity contribution in [3.63, 3.8) is 0 Å². The molecule has 134 valence electrons. The van der Waals surface area contributed by atoms with Crippen LogP contribution in [0.2, 0.25) is 5.02 Å². The second kappa shape index (κ2) is 6.17. The number of carboxylic acid groups (broad SMARTS) is 1. The molecule has 25 heavy (non-hydrogen) atoms. The van der Waals surface area contributed by atoms with Gasteiger partial charge in [0.25, 0.3) is 0 Å². The summed E-state index contributed by atoms with van der Waals surface area (Å²) in [6, 6.07) is 0.0796. The van der Waals surface area contributed by atoms with Gasteiger partial charge in [0.05, 0.1) is 11.6 Å². The first-order valence-electron chi connectivity index (χ1n) is 7.31. The normalized spacial score (nSPS) is 17.4. The number of aryl methyl sites for hydroxylation is 1. The predicted molar refractivity (Wildman–Crippen MR) is 79.4 cm³/mol. The molecule has 0 aliphatic carbocycles. The number of fused-ring (bicyclic) bond motifs is 1. The van der Waals surface area contributed by atoms with Crippen molar-refractivity contribution in [1.29, 1.82) is 0 Å². The third-order valence-corrected chi connectivity index (χ3v) is 4.20. The number of alkyl halides is 3. The van der Waals surface area contributed by atoms with Crippen molar-refractivity contribution in [1.82, 2.24) is 19.3 Å². The summed E-state index contributed by atoms with van der Waals surface area (Å²) in [4.78, 5) is 27.0. The van der Waals surface area contributed by atoms with Crippen molar-refractivity contribution in [2.24, 2.45) is 0 Å². The van der Waals surface area contributed by atoms with Gasteiger partial charge >= 0.3 is 17.8 Å². The highest BCUT2D eigenvalue weighted by Crippen LogP contribution is 2.33. The van der Waals surface area contributed by atoms with E-state index < -0.39 is 34.6 Å². The van der Waals surface area contributed by atoms with Crippen molar-refractivity contribution in [3.8, 4) is 0 Å². The van der Waals surface area contributed by atoms with Crippen LogP contribution in [0.15, 0.2) is 17.1 Å². The highest BCUT2D eigenvalue weighted by atomic mass is 35.5. The molecule has 3 heterocycles. The maximum Gasteiger partial charge on any atom is 0.434 e. The van der Waals surface area contributed by atoms with E-state index in [4.69, 9.17) is 11.6 Å². The Hall–Kier alpha value is -2.36. The van der Waals surface area contributed by atoms with Crippen LogP contribution >= 0.6 is 11.6 Å². The molecule has 0 spiro atoms. The molecule has 1 aliphatic heterocycles. The number of aromatic nitrogens is 4. The van der Waals surface area contributed by atoms with Crippen LogP contribution in [0.4, 0.5) is 13.2 Å². The van der Waals surface area contributed by atoms with Crippen LogP contribution in [0, 0.1) is 0 Å². The van der Waals surface area contributed by atoms with E-state index in [9.17, 15) is 27.9 Å². The van der Waals surface area contributed by atoms with Gasteiger partial charge in [-0.15, -0.1) is 0 Å². The summed E-state index contributed by atoms with van der Waals surface area (Å²) >= 11 is 5.61. The van der Waals surface area contributed by atoms with Crippen molar-refractivity contribution in [2.75, 3.05) is 0 Å². The van der Waals surface area contributed by atoms with E-state index in [0.717, 1.165) is 21.5 Å². The molecule has 1 aliphatic rings. The van der Waals surface area contributed by atoms with Crippen LogP contribution in [0.3, 0.4) is 0 Å². The van der Waals surface area contributed by atoms with Crippen molar-refractivity contribution >= 4 is 17.6 Å². The molecule has 11 heteroatoms. The van der Waals surface area contributed by atoms with Gasteiger partial charge in [0.1, 0.15) is 11.9 Å². The van der Waals surface area contributed by atoms with E-state index in [-0.39, 0.29) is 12.1 Å². The lowest BCUT2D eigenvalue weighted by Crippen LogP contribution is -2.34. The number of hydrogen-bond acceptors (Lipinski definition) is 4. The number of nitrogens with zero attached hydrogens (tertiary/aromatic N) is 4. The lowest BCUT2D eigenvalue weighted by molar-refractivity contribution is -0.142. The number of aliphatic carboxylic acids is 1. The molecule has 1 atom stereocenters. The topological polar surface area (TPSA) is 90.0 Å². The van der Waals surface area contributed by atoms with Gasteiger partial charge < -0.3 is 5.11 Å². The zero-order valence-corrected chi connectivity index (χ0v) is 13.4. The molecular weight excluding hydrogens is 365 g/mol. The van der Waals surface area contributed by atoms with Crippen LogP contribution in [-0.2, 0) is 23.9 Å². The monoisotopic (exact) mass is 376 g/mol. The van der Waals surface area contributed by atoms with Crippen LogP contribution in [-0.4, -0.2) is 30.4 Å². The van der Waals surface area contributed by atoms with Gasteiger partial charge in [-0.1, -0.05) is 11.6 Å². The largest absolute Gasteiger partial charge is 0.480 e. The molecule has 3 rings (SSSR count). The quantitative estimate of drug-likeness (QED) is 0.886. The van der Waals surface area contributed by atoms with Gasteiger partial charge in [-0.25, -0.2) is 19.3 Å². The van der Waals surface area contributed by atoms with Crippen molar-refractivity contribution in [3.05, 3.63) is 44.9 Å². The zero-order chi connectivity index (χ0) is 18.4. The third kappa shape index (κ3) is 3.26. The predicted octanol–water partition coefficient (Wildman–Crippen LogP) is 2.12. The molecule has 0 fully saturated rings. The number of rotatable bonds is 3. The average Bonchev–Trinajstić information content (AvgIpc) is 2.82. The lowest BCUT2D eigenvalue weighted by Gasteiger charge is -2.19. The summed E-state index contributed by atoms with van der Waals surface area (Å²) < 4.78 is 40.1. The molecule has 1 unspecified atom stereocenters. The van der Waals surface area contributed by atoms with Crippen LogP contribution < -0.4 is 5.69 Å². The van der Waals surface area contributed by atoms with E-state index >= 15 is 0 Å². The van der Waals surface area contributed by atoms with E-state index in [2.05, 4.69) is 10.1 Å². The molecule has 0 amide bonds. The molecule has 7 nitrogen and oxygen atoms in total. The van der Waals surface area contributed by atoms with E-state index in [0.29, 0.717) is 25.1 Å². The minimum atomic E-state index is -4.67. The van der Waals surface area contributed by atoms with Crippen LogP contribution in [0.1, 0.15) is 36.0 Å². The standard InChI is InChI=1S/C14H12ClF3N4O3/c15-8-4-7(5-19-11(8)14(16,17)18)6-21-13(25)22-9(12(23)24)2-1-3-10(22)20-21/h4-5,9H,1-3,6H2,(H,23,24). The Morgan fingerprint density at radius 3 is 2.76 bits per heavy atom. The second-order valence-corrected chi connectivity index (χ2v) is 6.05. The minimum Gasteiger partial charge on any atom is -0.480 e. The number of carbonyl (C=O) groups is 1. The summed E-state index contributed by atoms with van der Waals surface area (Å²) in [5.74, 6) is -0.781. The fourth-order valence-electron chi connectivity index (χ4n) is 2.81. The summed E-state index contributed by atoms with van der Waals surface area (Å²) in [7, 11) is 0. The number of pyridine rings is 1. The summed E-state index contributed by atoms with van der Waals surface area (Å²) in [5, 5.41) is 12.7. The van der Waals surface area contributed by atoms with Crippen molar-refractivity contribution < 1.29 is 23.1 Å². The summed E-state index contributed by atoms with van der Waals surface area (Å²) in [5.41, 5.74) is -1.58. The summed E-state index contributed by atoms with van der Waals surface area (Å²) in [6.07, 6.45) is -2.34. The molecule has 2 aromatic rings. The maximum absolute atomic E-state index is 12.7. The Balaban J connectivity index is 1.94. The first kappa shape index (κ1) is 17.5. The van der Waals surface area contributed by atoms with Crippen LogP contribution in [0.5, 0.6) is 0 Å². The average molecular weight is 377 g/mol. The molecule has 0 saturated heterocycles. The lowest BCUT2D eigenvalue weighted by atomic mass is 10.1. The fraction of sp³-hybridized carbons (Fsp3) is 0.429. The summed E-state index contributed by atoms with van der Waals surface area (Å²) in [6.45, 7) is -0.157. The van der Waals surface area contributed by atoms with Gasteiger partial charge in [-0.3, -0.25) is 4.57 Å². The smallest absolute Gasteiger partial charge is 0.434 e. The molecule has 2 aromatic heterocycles. The highest BCUT2D eigenvalue weighted by molar-refractivity contribution is 6.31. The molecule has 0 bridgehead atoms. The maximum atomic E-state index is 12.7. The van der Waals surface area contributed by atoms with Gasteiger partial charge in [-0.05, 0) is 24.5 Å². The number of carboxylic acids is 1. The second-order valence-electron chi connectivity index (χ2n) is 5.64. The number of halogens is 4. The molecule has 0 radical (unpaired) electrons. The molecule has 1 N–H and O–H groups in total. The fourth-order valence-corrected chi connectivity index (χ4v) is 3.11. The molecular formula is C14H12ClF3N4O3. The Morgan fingerprint density at radius 1 is 1.44 bits per heavy atom. The minimum absolute atomic E-state index is 0.157. The van der Waals surface area contributed by atoms with E-state index in [1.165, 1.54) is 0 Å². The first-order chi connectivity index (χ1) is 11.7. The SMILES string of the molecule is O=C(O)C1CCCc2nn(Cc3cnc(C(F)(F)F)c(Cl)c3)c(=O)n21. The molecule has 0 saturated carbocycles. The Kier molecular flexibility index (Phi) is 4.31. The van der Waals surface area contributed by atoms with Crippen molar-refractivity contribution in [2.45, 2.75) is 38.0 Å². The zero-order valence-electron chi connectivity index (χ0n) is 12.6. The molecule has 0 aromatic carbocycles. The highest BCUT2D eigenvalue weighted by Gasteiger charge is 2.35. The number of hydrogen-bond donors (Lipinski definition) is 1. The van der Waals surface area contributed by atoms with Gasteiger partial charge in [0.2, 0.25) is 0 Å². The van der Waals surface area contributed by atoms with Crippen LogP contribution in [0.25, 0.3) is 0 Å². The third-order valence-electron chi connectivity index (χ3n) is 3.91. The Bertz CT molecular complexity index is 890. The van der Waals surface area contributed by atoms with Gasteiger partial charge in [0.15, 0.2) is 5.69 Å². The first-order valence-corrected chi connectivity index (χ1v) is 7.69. The van der Waals surface area contributed by atoms with Gasteiger partial charge in [-0.2, -0.15) is 18.3 Å². The Labute approximate surface area is 143 Å². The van der Waals surface area contributed by atoms with E-state index in [1.54, 1.807) is 0 Å². The van der Waals surface area contributed by atoms with E-state index in [1.807, 2.05) is 0 Å². The Morgan fingerprint density at radius 2 is 2.16 bits per heavy atom.